The molecule has 0 bridgehead atoms. The van der Waals surface area contributed by atoms with Gasteiger partial charge >= 0.3 is 0 Å². The third kappa shape index (κ3) is 2.53. The van der Waals surface area contributed by atoms with Gasteiger partial charge in [-0.3, -0.25) is 0 Å². The van der Waals surface area contributed by atoms with Gasteiger partial charge in [0.1, 0.15) is 5.82 Å². The second-order valence-electron chi connectivity index (χ2n) is 4.44. The maximum atomic E-state index is 13.2. The fourth-order valence-corrected chi connectivity index (χ4v) is 2.77. The molecule has 1 aromatic heterocycles. The molecule has 5 heteroatoms. The Hall–Kier alpha value is -1.52. The number of anilines is 1. The van der Waals surface area contributed by atoms with Gasteiger partial charge in [0, 0.05) is 15.4 Å². The fourth-order valence-electron chi connectivity index (χ4n) is 2.10. The largest absolute Gasteiger partial charge is 0.378 e. The molecule has 2 N–H and O–H groups in total. The van der Waals surface area contributed by atoms with Crippen LogP contribution >= 0.6 is 27.5 Å². The Kier molecular flexibility index (Phi) is 3.68. The second-order valence-corrected chi connectivity index (χ2v) is 5.67. The standard InChI is InChI=1S/C15H11BrClFN2/c16-11-6-5-9(18)7-13(11)19-8-14-15(17)10-3-1-2-4-12(10)20-14/h1-7,19-20H,8H2. The maximum Gasteiger partial charge on any atom is 0.125 e. The third-order valence-corrected chi connectivity index (χ3v) is 4.22. The highest BCUT2D eigenvalue weighted by Gasteiger charge is 2.09. The zero-order chi connectivity index (χ0) is 14.1. The minimum absolute atomic E-state index is 0.279. The molecule has 0 aliphatic carbocycles. The van der Waals surface area contributed by atoms with E-state index in [0.717, 1.165) is 21.1 Å². The number of halogens is 3. The molecule has 0 aliphatic rings. The van der Waals surface area contributed by atoms with Crippen LogP contribution in [-0.2, 0) is 6.54 Å². The third-order valence-electron chi connectivity index (χ3n) is 3.10. The second kappa shape index (κ2) is 5.46. The van der Waals surface area contributed by atoms with E-state index in [-0.39, 0.29) is 5.82 Å². The van der Waals surface area contributed by atoms with Crippen molar-refractivity contribution in [3.63, 3.8) is 0 Å². The summed E-state index contributed by atoms with van der Waals surface area (Å²) in [6.45, 7) is 0.496. The Morgan fingerprint density at radius 1 is 1.20 bits per heavy atom. The van der Waals surface area contributed by atoms with Crippen LogP contribution in [0.4, 0.5) is 10.1 Å². The van der Waals surface area contributed by atoms with Gasteiger partial charge < -0.3 is 10.3 Å². The number of aromatic nitrogens is 1. The molecule has 2 nitrogen and oxygen atoms in total. The molecule has 102 valence electrons. The van der Waals surface area contributed by atoms with Gasteiger partial charge in [-0.05, 0) is 40.2 Å². The number of aromatic amines is 1. The van der Waals surface area contributed by atoms with Gasteiger partial charge in [0.2, 0.25) is 0 Å². The van der Waals surface area contributed by atoms with Crippen molar-refractivity contribution in [2.75, 3.05) is 5.32 Å². The van der Waals surface area contributed by atoms with Crippen LogP contribution in [0.5, 0.6) is 0 Å². The molecule has 0 spiro atoms. The highest BCUT2D eigenvalue weighted by molar-refractivity contribution is 9.10. The molecule has 3 aromatic rings. The summed E-state index contributed by atoms with van der Waals surface area (Å²) in [7, 11) is 0. The lowest BCUT2D eigenvalue weighted by molar-refractivity contribution is 0.628. The minimum Gasteiger partial charge on any atom is -0.378 e. The quantitative estimate of drug-likeness (QED) is 0.654. The SMILES string of the molecule is Fc1ccc(Br)c(NCc2[nH]c3ccccc3c2Cl)c1. The van der Waals surface area contributed by atoms with E-state index in [0.29, 0.717) is 17.3 Å². The topological polar surface area (TPSA) is 27.8 Å². The van der Waals surface area contributed by atoms with E-state index in [9.17, 15) is 4.39 Å². The zero-order valence-corrected chi connectivity index (χ0v) is 12.7. The van der Waals surface area contributed by atoms with E-state index >= 15 is 0 Å². The van der Waals surface area contributed by atoms with Crippen molar-refractivity contribution in [1.82, 2.24) is 4.98 Å². The molecule has 2 aromatic carbocycles. The van der Waals surface area contributed by atoms with E-state index in [1.165, 1.54) is 12.1 Å². The highest BCUT2D eigenvalue weighted by Crippen LogP contribution is 2.29. The van der Waals surface area contributed by atoms with Crippen LogP contribution in [-0.4, -0.2) is 4.98 Å². The summed E-state index contributed by atoms with van der Waals surface area (Å²) >= 11 is 9.72. The summed E-state index contributed by atoms with van der Waals surface area (Å²) in [5.74, 6) is -0.279. The predicted octanol–water partition coefficient (Wildman–Crippen LogP) is 5.34. The van der Waals surface area contributed by atoms with Crippen molar-refractivity contribution in [2.45, 2.75) is 6.54 Å². The highest BCUT2D eigenvalue weighted by atomic mass is 79.9. The van der Waals surface area contributed by atoms with Crippen molar-refractivity contribution in [2.24, 2.45) is 0 Å². The van der Waals surface area contributed by atoms with Crippen LogP contribution in [0.15, 0.2) is 46.9 Å². The smallest absolute Gasteiger partial charge is 0.125 e. The molecule has 0 amide bonds. The lowest BCUT2D eigenvalue weighted by atomic mass is 10.2. The predicted molar refractivity (Wildman–Crippen MR) is 84.7 cm³/mol. The van der Waals surface area contributed by atoms with E-state index in [1.54, 1.807) is 6.07 Å². The first kappa shape index (κ1) is 13.5. The van der Waals surface area contributed by atoms with Crippen molar-refractivity contribution >= 4 is 44.1 Å². The monoisotopic (exact) mass is 352 g/mol. The first-order chi connectivity index (χ1) is 9.65. The minimum atomic E-state index is -0.279. The molecule has 0 unspecified atom stereocenters. The summed E-state index contributed by atoms with van der Waals surface area (Å²) in [4.78, 5) is 3.26. The maximum absolute atomic E-state index is 13.2. The molecule has 3 rings (SSSR count). The van der Waals surface area contributed by atoms with Crippen LogP contribution in [0.1, 0.15) is 5.69 Å². The van der Waals surface area contributed by atoms with Crippen molar-refractivity contribution in [3.8, 4) is 0 Å². The number of nitrogens with one attached hydrogen (secondary N) is 2. The summed E-state index contributed by atoms with van der Waals surface area (Å²) in [6, 6.07) is 12.4. The van der Waals surface area contributed by atoms with Gasteiger partial charge in [0.15, 0.2) is 0 Å². The zero-order valence-electron chi connectivity index (χ0n) is 10.4. The number of hydrogen-bond donors (Lipinski definition) is 2. The van der Waals surface area contributed by atoms with Crippen molar-refractivity contribution in [3.05, 3.63) is 63.5 Å². The van der Waals surface area contributed by atoms with Gasteiger partial charge in [0.25, 0.3) is 0 Å². The van der Waals surface area contributed by atoms with Crippen LogP contribution in [0, 0.1) is 5.82 Å². The van der Waals surface area contributed by atoms with Crippen LogP contribution in [0.25, 0.3) is 10.9 Å². The number of benzene rings is 2. The molecule has 0 fully saturated rings. The first-order valence-corrected chi connectivity index (χ1v) is 7.26. The van der Waals surface area contributed by atoms with Crippen LogP contribution in [0.3, 0.4) is 0 Å². The van der Waals surface area contributed by atoms with Crippen LogP contribution < -0.4 is 5.32 Å². The average molecular weight is 354 g/mol. The Labute approximate surface area is 129 Å². The van der Waals surface area contributed by atoms with Gasteiger partial charge in [-0.2, -0.15) is 0 Å². The fraction of sp³-hybridized carbons (Fsp3) is 0.0667. The van der Waals surface area contributed by atoms with Gasteiger partial charge in [-0.25, -0.2) is 4.39 Å². The van der Waals surface area contributed by atoms with Gasteiger partial charge in [-0.15, -0.1) is 0 Å². The van der Waals surface area contributed by atoms with Crippen molar-refractivity contribution in [1.29, 1.82) is 0 Å². The van der Waals surface area contributed by atoms with Gasteiger partial charge in [-0.1, -0.05) is 29.8 Å². The molecular formula is C15H11BrClFN2. The molecule has 0 saturated heterocycles. The molecule has 0 aliphatic heterocycles. The molecular weight excluding hydrogens is 343 g/mol. The Morgan fingerprint density at radius 2 is 2.00 bits per heavy atom. The Morgan fingerprint density at radius 3 is 2.80 bits per heavy atom. The van der Waals surface area contributed by atoms with E-state index < -0.39 is 0 Å². The Balaban J connectivity index is 1.87. The molecule has 1 heterocycles. The number of fused-ring (bicyclic) bond motifs is 1. The molecule has 20 heavy (non-hydrogen) atoms. The number of rotatable bonds is 3. The molecule has 0 saturated carbocycles. The van der Waals surface area contributed by atoms with Crippen molar-refractivity contribution < 1.29 is 4.39 Å². The normalized spacial score (nSPS) is 10.9. The van der Waals surface area contributed by atoms with E-state index in [1.807, 2.05) is 24.3 Å². The summed E-state index contributed by atoms with van der Waals surface area (Å²) in [5.41, 5.74) is 2.57. The number of H-pyrrole nitrogens is 1. The Bertz CT molecular complexity index is 770. The lowest BCUT2D eigenvalue weighted by Crippen LogP contribution is -2.01. The van der Waals surface area contributed by atoms with Crippen LogP contribution in [0.2, 0.25) is 5.02 Å². The average Bonchev–Trinajstić information content (AvgIpc) is 2.77. The summed E-state index contributed by atoms with van der Waals surface area (Å²) in [6.07, 6.45) is 0. The van der Waals surface area contributed by atoms with Gasteiger partial charge in [0.05, 0.1) is 22.9 Å². The molecule has 0 radical (unpaired) electrons. The summed E-state index contributed by atoms with van der Waals surface area (Å²) in [5, 5.41) is 4.85. The number of para-hydroxylation sites is 1. The molecule has 0 atom stereocenters. The lowest BCUT2D eigenvalue weighted by Gasteiger charge is -2.08. The van der Waals surface area contributed by atoms with E-state index in [4.69, 9.17) is 11.6 Å². The van der Waals surface area contributed by atoms with E-state index in [2.05, 4.69) is 26.2 Å². The number of hydrogen-bond acceptors (Lipinski definition) is 1. The summed E-state index contributed by atoms with van der Waals surface area (Å²) < 4.78 is 14.0. The first-order valence-electron chi connectivity index (χ1n) is 6.09.